The van der Waals surface area contributed by atoms with E-state index < -0.39 is 0 Å². The number of amides is 1. The molecule has 0 unspecified atom stereocenters. The third kappa shape index (κ3) is 5.69. The maximum absolute atomic E-state index is 12.9. The number of morpholine rings is 1. The Labute approximate surface area is 237 Å². The highest BCUT2D eigenvalue weighted by Crippen LogP contribution is 2.30. The summed E-state index contributed by atoms with van der Waals surface area (Å²) in [5.74, 6) is 1.91. The van der Waals surface area contributed by atoms with Gasteiger partial charge in [0.15, 0.2) is 17.3 Å². The maximum Gasteiger partial charge on any atom is 0.251 e. The summed E-state index contributed by atoms with van der Waals surface area (Å²) in [5, 5.41) is 22.0. The van der Waals surface area contributed by atoms with Crippen LogP contribution < -0.4 is 15.4 Å². The molecule has 11 heteroatoms. The first-order chi connectivity index (χ1) is 19.2. The van der Waals surface area contributed by atoms with Crippen molar-refractivity contribution in [1.82, 2.24) is 30.0 Å². The number of carbonyl (C=O) groups excluding carboxylic acids is 1. The van der Waals surface area contributed by atoms with Gasteiger partial charge in [0.25, 0.3) is 5.91 Å². The van der Waals surface area contributed by atoms with Crippen molar-refractivity contribution in [1.29, 1.82) is 0 Å². The fourth-order valence-electron chi connectivity index (χ4n) is 4.72. The van der Waals surface area contributed by atoms with Crippen molar-refractivity contribution in [3.05, 3.63) is 78.4 Å². The summed E-state index contributed by atoms with van der Waals surface area (Å²) < 4.78 is 12.4. The standard InChI is InChI=1S/C29H29N7O3.ClH/c1-38-23-11-9-20(10-12-23)27-32-33-28-25-8-3-2-7-24(25)26(34-36(27)28)31-22-6-4-5-21(19-22)29(37)30-13-14-35-15-17-39-18-16-35;/h2-12,19H,13-18H2,1H3,(H,30,37)(H,31,34);1H. The van der Waals surface area contributed by atoms with Gasteiger partial charge in [-0.25, -0.2) is 0 Å². The first-order valence-electron chi connectivity index (χ1n) is 12.9. The van der Waals surface area contributed by atoms with Crippen LogP contribution in [0.2, 0.25) is 0 Å². The second-order valence-electron chi connectivity index (χ2n) is 9.30. The van der Waals surface area contributed by atoms with Crippen LogP contribution in [0, 0.1) is 0 Å². The van der Waals surface area contributed by atoms with Gasteiger partial charge in [-0.3, -0.25) is 9.69 Å². The molecule has 10 nitrogen and oxygen atoms in total. The Kier molecular flexibility index (Phi) is 8.40. The zero-order valence-electron chi connectivity index (χ0n) is 22.0. The van der Waals surface area contributed by atoms with Crippen molar-refractivity contribution in [3.8, 4) is 17.1 Å². The number of nitrogens with one attached hydrogen (secondary N) is 2. The molecular formula is C29H30ClN7O3. The van der Waals surface area contributed by atoms with Crippen LogP contribution in [-0.4, -0.2) is 77.1 Å². The van der Waals surface area contributed by atoms with Gasteiger partial charge in [-0.1, -0.05) is 30.3 Å². The number of nitrogens with zero attached hydrogens (tertiary/aromatic N) is 5. The van der Waals surface area contributed by atoms with E-state index in [2.05, 4.69) is 25.7 Å². The predicted octanol–water partition coefficient (Wildman–Crippen LogP) is 4.18. The number of benzene rings is 3. The first-order valence-corrected chi connectivity index (χ1v) is 12.9. The van der Waals surface area contributed by atoms with E-state index in [1.54, 1.807) is 11.6 Å². The van der Waals surface area contributed by atoms with E-state index in [-0.39, 0.29) is 18.3 Å². The van der Waals surface area contributed by atoms with E-state index in [9.17, 15) is 4.79 Å². The number of rotatable bonds is 8. The summed E-state index contributed by atoms with van der Waals surface area (Å²) in [5.41, 5.74) is 2.87. The van der Waals surface area contributed by atoms with Crippen LogP contribution in [0.1, 0.15) is 10.4 Å². The normalized spacial score (nSPS) is 13.6. The third-order valence-corrected chi connectivity index (χ3v) is 6.82. The van der Waals surface area contributed by atoms with Gasteiger partial charge in [0.2, 0.25) is 0 Å². The molecule has 1 aliphatic rings. The largest absolute Gasteiger partial charge is 0.497 e. The van der Waals surface area contributed by atoms with Crippen molar-refractivity contribution in [2.24, 2.45) is 0 Å². The second-order valence-corrected chi connectivity index (χ2v) is 9.30. The average molecular weight is 560 g/mol. The maximum atomic E-state index is 12.9. The zero-order chi connectivity index (χ0) is 26.6. The lowest BCUT2D eigenvalue weighted by atomic mass is 10.1. The van der Waals surface area contributed by atoms with Gasteiger partial charge in [0.1, 0.15) is 5.75 Å². The summed E-state index contributed by atoms with van der Waals surface area (Å²) in [4.78, 5) is 15.2. The molecule has 40 heavy (non-hydrogen) atoms. The van der Waals surface area contributed by atoms with E-state index >= 15 is 0 Å². The molecule has 1 saturated heterocycles. The molecule has 206 valence electrons. The minimum atomic E-state index is -0.110. The molecule has 0 spiro atoms. The number of aromatic nitrogens is 4. The Morgan fingerprint density at radius 2 is 1.75 bits per heavy atom. The van der Waals surface area contributed by atoms with Crippen molar-refractivity contribution in [2.45, 2.75) is 0 Å². The van der Waals surface area contributed by atoms with Crippen molar-refractivity contribution < 1.29 is 14.3 Å². The SMILES string of the molecule is COc1ccc(-c2nnc3c4ccccc4c(Nc4cccc(C(=O)NCCN5CCOCC5)c4)nn23)cc1.Cl. The molecule has 1 amide bonds. The Hall–Kier alpha value is -4.25. The Balaban J connectivity index is 0.00000323. The van der Waals surface area contributed by atoms with Crippen LogP contribution in [0.3, 0.4) is 0 Å². The quantitative estimate of drug-likeness (QED) is 0.292. The van der Waals surface area contributed by atoms with Crippen LogP contribution in [-0.2, 0) is 4.74 Å². The molecule has 2 aromatic heterocycles. The molecule has 2 N–H and O–H groups in total. The molecule has 0 aliphatic carbocycles. The monoisotopic (exact) mass is 559 g/mol. The number of anilines is 2. The highest BCUT2D eigenvalue weighted by molar-refractivity contribution is 6.01. The number of fused-ring (bicyclic) bond motifs is 3. The van der Waals surface area contributed by atoms with Gasteiger partial charge in [0, 0.05) is 53.8 Å². The highest BCUT2D eigenvalue weighted by atomic mass is 35.5. The fraction of sp³-hybridized carbons (Fsp3) is 0.241. The van der Waals surface area contributed by atoms with Gasteiger partial charge in [-0.05, 0) is 42.5 Å². The minimum absolute atomic E-state index is 0. The number of halogens is 1. The topological polar surface area (TPSA) is 106 Å². The molecule has 3 heterocycles. The van der Waals surface area contributed by atoms with Crippen LogP contribution >= 0.6 is 12.4 Å². The predicted molar refractivity (Wildman–Crippen MR) is 157 cm³/mol. The van der Waals surface area contributed by atoms with Crippen LogP contribution in [0.5, 0.6) is 5.75 Å². The third-order valence-electron chi connectivity index (χ3n) is 6.82. The zero-order valence-corrected chi connectivity index (χ0v) is 22.9. The molecule has 0 bridgehead atoms. The molecule has 0 saturated carbocycles. The molecular weight excluding hydrogens is 530 g/mol. The average Bonchev–Trinajstić information content (AvgIpc) is 3.42. The molecule has 5 aromatic rings. The Morgan fingerprint density at radius 3 is 2.52 bits per heavy atom. The summed E-state index contributed by atoms with van der Waals surface area (Å²) in [6, 6.07) is 23.0. The van der Waals surface area contributed by atoms with Gasteiger partial charge in [-0.15, -0.1) is 27.7 Å². The van der Waals surface area contributed by atoms with Crippen molar-refractivity contribution >= 4 is 46.2 Å². The number of hydrogen-bond acceptors (Lipinski definition) is 8. The van der Waals surface area contributed by atoms with Gasteiger partial charge < -0.3 is 20.1 Å². The van der Waals surface area contributed by atoms with Gasteiger partial charge in [-0.2, -0.15) is 4.52 Å². The highest BCUT2D eigenvalue weighted by Gasteiger charge is 2.16. The van der Waals surface area contributed by atoms with Crippen molar-refractivity contribution in [2.75, 3.05) is 51.8 Å². The molecule has 3 aromatic carbocycles. The van der Waals surface area contributed by atoms with Crippen LogP contribution in [0.25, 0.3) is 27.8 Å². The van der Waals surface area contributed by atoms with Gasteiger partial charge >= 0.3 is 0 Å². The summed E-state index contributed by atoms with van der Waals surface area (Å²) in [6.07, 6.45) is 0. The van der Waals surface area contributed by atoms with Crippen LogP contribution in [0.15, 0.2) is 72.8 Å². The molecule has 1 fully saturated rings. The minimum Gasteiger partial charge on any atom is -0.497 e. The number of ether oxygens (including phenoxy) is 2. The van der Waals surface area contributed by atoms with Crippen molar-refractivity contribution in [3.63, 3.8) is 0 Å². The first kappa shape index (κ1) is 27.3. The lowest BCUT2D eigenvalue weighted by Gasteiger charge is -2.26. The molecule has 0 radical (unpaired) electrons. The van der Waals surface area contributed by atoms with E-state index in [0.29, 0.717) is 29.4 Å². The van der Waals surface area contributed by atoms with Gasteiger partial charge in [0.05, 0.1) is 20.3 Å². The summed E-state index contributed by atoms with van der Waals surface area (Å²) in [7, 11) is 1.64. The Morgan fingerprint density at radius 1 is 0.975 bits per heavy atom. The van der Waals surface area contributed by atoms with E-state index in [1.807, 2.05) is 72.8 Å². The molecule has 0 atom stereocenters. The lowest BCUT2D eigenvalue weighted by molar-refractivity contribution is 0.0383. The van der Waals surface area contributed by atoms with Crippen LogP contribution in [0.4, 0.5) is 11.5 Å². The molecule has 6 rings (SSSR count). The number of hydrogen-bond donors (Lipinski definition) is 2. The summed E-state index contributed by atoms with van der Waals surface area (Å²) >= 11 is 0. The number of carbonyl (C=O) groups is 1. The molecule has 1 aliphatic heterocycles. The second kappa shape index (κ2) is 12.3. The fourth-order valence-corrected chi connectivity index (χ4v) is 4.72. The Bertz CT molecular complexity index is 1620. The summed E-state index contributed by atoms with van der Waals surface area (Å²) in [6.45, 7) is 4.67. The lowest BCUT2D eigenvalue weighted by Crippen LogP contribution is -2.41. The van der Waals surface area contributed by atoms with E-state index in [0.717, 1.165) is 60.6 Å². The number of methoxy groups -OCH3 is 1. The smallest absolute Gasteiger partial charge is 0.251 e. The van der Waals surface area contributed by atoms with E-state index in [4.69, 9.17) is 14.6 Å². The van der Waals surface area contributed by atoms with E-state index in [1.165, 1.54) is 0 Å².